The van der Waals surface area contributed by atoms with E-state index < -0.39 is 0 Å². The highest BCUT2D eigenvalue weighted by Gasteiger charge is 2.24. The van der Waals surface area contributed by atoms with Crippen molar-refractivity contribution in [2.24, 2.45) is 5.92 Å². The van der Waals surface area contributed by atoms with Crippen molar-refractivity contribution in [3.05, 3.63) is 60.2 Å². The van der Waals surface area contributed by atoms with Gasteiger partial charge in [-0.15, -0.1) is 0 Å². The second-order valence-electron chi connectivity index (χ2n) is 7.77. The smallest absolute Gasteiger partial charge is 0.252 e. The molecule has 1 saturated carbocycles. The molecule has 2 unspecified atom stereocenters. The zero-order valence-electron chi connectivity index (χ0n) is 16.9. The molecule has 1 amide bonds. The maximum absolute atomic E-state index is 13.2. The Labute approximate surface area is 171 Å². The highest BCUT2D eigenvalue weighted by molar-refractivity contribution is 6.07. The first kappa shape index (κ1) is 19.2. The second kappa shape index (κ2) is 8.52. The zero-order chi connectivity index (χ0) is 20.2. The van der Waals surface area contributed by atoms with Gasteiger partial charge in [-0.2, -0.15) is 0 Å². The molecular weight excluding hydrogens is 362 g/mol. The standard InChI is InChI=1S/C24H27N3O2/c1-16-7-3-5-9-21(16)27-24(28)20-15-23(26-22-10-6-4-8-19(20)22)25-17-11-13-18(29-2)14-12-17/h4,6,8,10-16,21H,3,5,7,9H2,1-2H3,(H,25,26)(H,27,28). The van der Waals surface area contributed by atoms with Gasteiger partial charge in [0.1, 0.15) is 11.6 Å². The van der Waals surface area contributed by atoms with Gasteiger partial charge in [0.25, 0.3) is 5.91 Å². The molecule has 0 bridgehead atoms. The molecule has 5 heteroatoms. The van der Waals surface area contributed by atoms with Crippen molar-refractivity contribution in [3.8, 4) is 5.75 Å². The van der Waals surface area contributed by atoms with Gasteiger partial charge in [-0.25, -0.2) is 4.98 Å². The fraction of sp³-hybridized carbons (Fsp3) is 0.333. The Morgan fingerprint density at radius 2 is 1.83 bits per heavy atom. The Balaban J connectivity index is 1.63. The van der Waals surface area contributed by atoms with E-state index >= 15 is 0 Å². The van der Waals surface area contributed by atoms with E-state index in [1.165, 1.54) is 19.3 Å². The van der Waals surface area contributed by atoms with E-state index in [2.05, 4.69) is 17.6 Å². The van der Waals surface area contributed by atoms with Crippen LogP contribution in [-0.4, -0.2) is 24.0 Å². The molecular formula is C24H27N3O2. The van der Waals surface area contributed by atoms with Gasteiger partial charge in [-0.05, 0) is 55.2 Å². The van der Waals surface area contributed by atoms with Crippen molar-refractivity contribution in [2.45, 2.75) is 38.6 Å². The summed E-state index contributed by atoms with van der Waals surface area (Å²) in [5.41, 5.74) is 2.35. The molecule has 2 aromatic carbocycles. The maximum atomic E-state index is 13.2. The number of amides is 1. The maximum Gasteiger partial charge on any atom is 0.252 e. The van der Waals surface area contributed by atoms with Crippen LogP contribution in [-0.2, 0) is 0 Å². The van der Waals surface area contributed by atoms with Crippen molar-refractivity contribution in [1.29, 1.82) is 0 Å². The predicted molar refractivity (Wildman–Crippen MR) is 117 cm³/mol. The molecule has 1 aromatic heterocycles. The van der Waals surface area contributed by atoms with Gasteiger partial charge in [0.2, 0.25) is 0 Å². The molecule has 150 valence electrons. The molecule has 1 aliphatic rings. The monoisotopic (exact) mass is 389 g/mol. The number of rotatable bonds is 5. The van der Waals surface area contributed by atoms with Crippen molar-refractivity contribution in [2.75, 3.05) is 12.4 Å². The summed E-state index contributed by atoms with van der Waals surface area (Å²) in [6.07, 6.45) is 4.65. The number of aromatic nitrogens is 1. The summed E-state index contributed by atoms with van der Waals surface area (Å²) >= 11 is 0. The lowest BCUT2D eigenvalue weighted by Gasteiger charge is -2.29. The highest BCUT2D eigenvalue weighted by Crippen LogP contribution is 2.27. The molecule has 1 aliphatic carbocycles. The largest absolute Gasteiger partial charge is 0.497 e. The van der Waals surface area contributed by atoms with Crippen LogP contribution in [0, 0.1) is 5.92 Å². The number of ether oxygens (including phenoxy) is 1. The van der Waals surface area contributed by atoms with Crippen LogP contribution in [0.1, 0.15) is 43.0 Å². The number of nitrogens with one attached hydrogen (secondary N) is 2. The average molecular weight is 389 g/mol. The molecule has 29 heavy (non-hydrogen) atoms. The molecule has 0 spiro atoms. The summed E-state index contributed by atoms with van der Waals surface area (Å²) in [4.78, 5) is 17.9. The number of nitrogens with zero attached hydrogens (tertiary/aromatic N) is 1. The van der Waals surface area contributed by atoms with Gasteiger partial charge >= 0.3 is 0 Å². The third-order valence-corrected chi connectivity index (χ3v) is 5.75. The van der Waals surface area contributed by atoms with Crippen LogP contribution in [0.2, 0.25) is 0 Å². The first-order valence-corrected chi connectivity index (χ1v) is 10.3. The molecule has 3 aromatic rings. The number of pyridine rings is 1. The summed E-state index contributed by atoms with van der Waals surface area (Å²) in [6, 6.07) is 17.5. The van der Waals surface area contributed by atoms with Crippen molar-refractivity contribution < 1.29 is 9.53 Å². The van der Waals surface area contributed by atoms with Crippen LogP contribution in [0.25, 0.3) is 10.9 Å². The predicted octanol–water partition coefficient (Wildman–Crippen LogP) is 5.30. The van der Waals surface area contributed by atoms with Crippen LogP contribution in [0.15, 0.2) is 54.6 Å². The fourth-order valence-electron chi connectivity index (χ4n) is 4.03. The number of benzene rings is 2. The van der Waals surface area contributed by atoms with Gasteiger partial charge in [0.15, 0.2) is 0 Å². The molecule has 2 N–H and O–H groups in total. The zero-order valence-corrected chi connectivity index (χ0v) is 16.9. The number of carbonyl (C=O) groups excluding carboxylic acids is 1. The number of anilines is 2. The van der Waals surface area contributed by atoms with E-state index in [1.807, 2.05) is 54.6 Å². The summed E-state index contributed by atoms with van der Waals surface area (Å²) in [6.45, 7) is 2.23. The summed E-state index contributed by atoms with van der Waals surface area (Å²) < 4.78 is 5.21. The molecule has 5 nitrogen and oxygen atoms in total. The van der Waals surface area contributed by atoms with E-state index in [-0.39, 0.29) is 11.9 Å². The minimum absolute atomic E-state index is 0.0277. The normalized spacial score (nSPS) is 19.0. The first-order chi connectivity index (χ1) is 14.1. The Morgan fingerprint density at radius 1 is 1.07 bits per heavy atom. The van der Waals surface area contributed by atoms with Gasteiger partial charge in [-0.1, -0.05) is 38.0 Å². The summed E-state index contributed by atoms with van der Waals surface area (Å²) in [7, 11) is 1.64. The van der Waals surface area contributed by atoms with Crippen LogP contribution in [0.4, 0.5) is 11.5 Å². The lowest BCUT2D eigenvalue weighted by Crippen LogP contribution is -2.41. The molecule has 1 heterocycles. The van der Waals surface area contributed by atoms with Gasteiger partial charge in [0, 0.05) is 17.1 Å². The highest BCUT2D eigenvalue weighted by atomic mass is 16.5. The Bertz CT molecular complexity index is 1000. The SMILES string of the molecule is COc1ccc(Nc2cc(C(=O)NC3CCCCC3C)c3ccccc3n2)cc1. The minimum atomic E-state index is -0.0277. The molecule has 0 radical (unpaired) electrons. The average Bonchev–Trinajstić information content (AvgIpc) is 2.75. The Morgan fingerprint density at radius 3 is 2.59 bits per heavy atom. The summed E-state index contributed by atoms with van der Waals surface area (Å²) in [5, 5.41) is 7.45. The van der Waals surface area contributed by atoms with E-state index in [4.69, 9.17) is 9.72 Å². The van der Waals surface area contributed by atoms with Crippen LogP contribution in [0.3, 0.4) is 0 Å². The van der Waals surface area contributed by atoms with Crippen LogP contribution in [0.5, 0.6) is 5.75 Å². The fourth-order valence-corrected chi connectivity index (χ4v) is 4.03. The van der Waals surface area contributed by atoms with Crippen LogP contribution >= 0.6 is 0 Å². The number of carbonyl (C=O) groups is 1. The third kappa shape index (κ3) is 4.34. The quantitative estimate of drug-likeness (QED) is 0.622. The molecule has 4 rings (SSSR count). The first-order valence-electron chi connectivity index (χ1n) is 10.3. The molecule has 0 saturated heterocycles. The number of para-hydroxylation sites is 1. The lowest BCUT2D eigenvalue weighted by molar-refractivity contribution is 0.0912. The van der Waals surface area contributed by atoms with Crippen molar-refractivity contribution in [3.63, 3.8) is 0 Å². The lowest BCUT2D eigenvalue weighted by atomic mass is 9.86. The third-order valence-electron chi connectivity index (χ3n) is 5.75. The van der Waals surface area contributed by atoms with Crippen LogP contribution < -0.4 is 15.4 Å². The molecule has 1 fully saturated rings. The van der Waals surface area contributed by atoms with Gasteiger partial charge in [-0.3, -0.25) is 4.79 Å². The minimum Gasteiger partial charge on any atom is -0.497 e. The van der Waals surface area contributed by atoms with Gasteiger partial charge < -0.3 is 15.4 Å². The van der Waals surface area contributed by atoms with E-state index in [9.17, 15) is 4.79 Å². The number of hydrogen-bond acceptors (Lipinski definition) is 4. The van der Waals surface area contributed by atoms with E-state index in [0.29, 0.717) is 17.3 Å². The number of hydrogen-bond donors (Lipinski definition) is 2. The van der Waals surface area contributed by atoms with Crippen molar-refractivity contribution >= 4 is 28.3 Å². The van der Waals surface area contributed by atoms with E-state index in [1.54, 1.807) is 7.11 Å². The Hall–Kier alpha value is -3.08. The second-order valence-corrected chi connectivity index (χ2v) is 7.77. The van der Waals surface area contributed by atoms with E-state index in [0.717, 1.165) is 28.8 Å². The number of fused-ring (bicyclic) bond motifs is 1. The molecule has 0 aliphatic heterocycles. The topological polar surface area (TPSA) is 63.2 Å². The number of methoxy groups -OCH3 is 1. The Kier molecular flexibility index (Phi) is 5.65. The molecule has 2 atom stereocenters. The summed E-state index contributed by atoms with van der Waals surface area (Å²) in [5.74, 6) is 1.93. The van der Waals surface area contributed by atoms with Crippen molar-refractivity contribution in [1.82, 2.24) is 10.3 Å². The van der Waals surface area contributed by atoms with Gasteiger partial charge in [0.05, 0.1) is 18.2 Å².